The molecule has 4 nitrogen and oxygen atoms in total. The first-order valence-corrected chi connectivity index (χ1v) is 6.51. The molecule has 0 radical (unpaired) electrons. The van der Waals surface area contributed by atoms with Crippen LogP contribution in [-0.2, 0) is 0 Å². The zero-order valence-corrected chi connectivity index (χ0v) is 11.1. The average molecular weight is 272 g/mol. The standard InChI is InChI=1S/C13H18ClNO3/c1-2-15(6-7-16)11-8-18-13-9(12(11)17)4-3-5-10(13)14/h3-5,11-12,16-17H,2,6-8H2,1H3. The zero-order valence-electron chi connectivity index (χ0n) is 10.3. The molecule has 0 saturated heterocycles. The van der Waals surface area contributed by atoms with Gasteiger partial charge in [0.05, 0.1) is 17.7 Å². The number of likely N-dealkylation sites (N-methyl/N-ethyl adjacent to an activating group) is 1. The third kappa shape index (κ3) is 2.47. The molecule has 0 fully saturated rings. The molecule has 1 aliphatic rings. The van der Waals surface area contributed by atoms with Crippen LogP contribution >= 0.6 is 11.6 Å². The number of hydrogen-bond donors (Lipinski definition) is 2. The van der Waals surface area contributed by atoms with Gasteiger partial charge in [0.2, 0.25) is 0 Å². The van der Waals surface area contributed by atoms with Gasteiger partial charge in [-0.2, -0.15) is 0 Å². The van der Waals surface area contributed by atoms with Gasteiger partial charge in [-0.3, -0.25) is 4.90 Å². The highest BCUT2D eigenvalue weighted by atomic mass is 35.5. The summed E-state index contributed by atoms with van der Waals surface area (Å²) in [7, 11) is 0. The van der Waals surface area contributed by atoms with Crippen LogP contribution in [0.3, 0.4) is 0 Å². The predicted molar refractivity (Wildman–Crippen MR) is 70.0 cm³/mol. The minimum Gasteiger partial charge on any atom is -0.490 e. The van der Waals surface area contributed by atoms with Gasteiger partial charge in [0.1, 0.15) is 18.5 Å². The van der Waals surface area contributed by atoms with E-state index in [-0.39, 0.29) is 12.6 Å². The number of hydrogen-bond acceptors (Lipinski definition) is 4. The number of rotatable bonds is 4. The van der Waals surface area contributed by atoms with Gasteiger partial charge >= 0.3 is 0 Å². The molecule has 1 aliphatic heterocycles. The minimum absolute atomic E-state index is 0.0689. The van der Waals surface area contributed by atoms with Crippen molar-refractivity contribution in [3.8, 4) is 5.75 Å². The molecular formula is C13H18ClNO3. The number of benzene rings is 1. The van der Waals surface area contributed by atoms with Crippen LogP contribution < -0.4 is 4.74 Å². The number of fused-ring (bicyclic) bond motifs is 1. The van der Waals surface area contributed by atoms with E-state index in [9.17, 15) is 5.11 Å². The Kier molecular flexibility index (Phi) is 4.45. The summed E-state index contributed by atoms with van der Waals surface area (Å²) < 4.78 is 5.65. The van der Waals surface area contributed by atoms with Crippen LogP contribution in [-0.4, -0.2) is 47.5 Å². The number of ether oxygens (including phenoxy) is 1. The lowest BCUT2D eigenvalue weighted by Crippen LogP contribution is -2.47. The van der Waals surface area contributed by atoms with Crippen LogP contribution in [0.25, 0.3) is 0 Å². The van der Waals surface area contributed by atoms with E-state index in [1.165, 1.54) is 0 Å². The smallest absolute Gasteiger partial charge is 0.143 e. The maximum absolute atomic E-state index is 10.4. The second-order valence-electron chi connectivity index (χ2n) is 4.33. The molecule has 1 heterocycles. The van der Waals surface area contributed by atoms with Crippen molar-refractivity contribution < 1.29 is 14.9 Å². The lowest BCUT2D eigenvalue weighted by Gasteiger charge is -2.37. The highest BCUT2D eigenvalue weighted by Gasteiger charge is 2.33. The maximum Gasteiger partial charge on any atom is 0.143 e. The van der Waals surface area contributed by atoms with Gasteiger partial charge < -0.3 is 14.9 Å². The summed E-state index contributed by atoms with van der Waals surface area (Å²) >= 11 is 6.04. The number of halogens is 1. The Morgan fingerprint density at radius 2 is 2.28 bits per heavy atom. The number of aliphatic hydroxyl groups excluding tert-OH is 2. The van der Waals surface area contributed by atoms with E-state index in [0.717, 1.165) is 12.1 Å². The summed E-state index contributed by atoms with van der Waals surface area (Å²) in [5, 5.41) is 20.0. The Morgan fingerprint density at radius 1 is 1.50 bits per heavy atom. The summed E-state index contributed by atoms with van der Waals surface area (Å²) in [6, 6.07) is 5.23. The summed E-state index contributed by atoms with van der Waals surface area (Å²) in [5.41, 5.74) is 0.718. The van der Waals surface area contributed by atoms with Gasteiger partial charge in [0, 0.05) is 12.1 Å². The van der Waals surface area contributed by atoms with Gasteiger partial charge in [-0.1, -0.05) is 30.7 Å². The van der Waals surface area contributed by atoms with Crippen LogP contribution in [0.15, 0.2) is 18.2 Å². The fourth-order valence-electron chi connectivity index (χ4n) is 2.37. The van der Waals surface area contributed by atoms with Crippen molar-refractivity contribution in [1.29, 1.82) is 0 Å². The second kappa shape index (κ2) is 5.89. The SMILES string of the molecule is CCN(CCO)C1COc2c(Cl)cccc2C1O. The fourth-order valence-corrected chi connectivity index (χ4v) is 2.61. The van der Waals surface area contributed by atoms with Crippen molar-refractivity contribution in [2.24, 2.45) is 0 Å². The Labute approximate surface area is 112 Å². The van der Waals surface area contributed by atoms with Gasteiger partial charge in [-0.25, -0.2) is 0 Å². The van der Waals surface area contributed by atoms with Crippen molar-refractivity contribution in [2.45, 2.75) is 19.1 Å². The van der Waals surface area contributed by atoms with Gasteiger partial charge in [0.25, 0.3) is 0 Å². The van der Waals surface area contributed by atoms with Crippen LogP contribution in [0.2, 0.25) is 5.02 Å². The largest absolute Gasteiger partial charge is 0.490 e. The molecule has 1 aromatic rings. The normalized spacial score (nSPS) is 22.7. The Balaban J connectivity index is 2.24. The molecule has 0 saturated carbocycles. The van der Waals surface area contributed by atoms with E-state index in [0.29, 0.717) is 23.9 Å². The van der Waals surface area contributed by atoms with Crippen LogP contribution in [0, 0.1) is 0 Å². The lowest BCUT2D eigenvalue weighted by molar-refractivity contribution is -0.000311. The number of para-hydroxylation sites is 1. The molecule has 2 rings (SSSR count). The summed E-state index contributed by atoms with van der Waals surface area (Å²) in [6.07, 6.45) is -0.640. The molecule has 0 spiro atoms. The highest BCUT2D eigenvalue weighted by molar-refractivity contribution is 6.32. The molecule has 100 valence electrons. The van der Waals surface area contributed by atoms with Gasteiger partial charge in [0.15, 0.2) is 0 Å². The topological polar surface area (TPSA) is 52.9 Å². The Hall–Kier alpha value is -0.810. The van der Waals surface area contributed by atoms with Gasteiger partial charge in [-0.05, 0) is 12.6 Å². The van der Waals surface area contributed by atoms with E-state index < -0.39 is 6.10 Å². The first kappa shape index (κ1) is 13.6. The molecule has 5 heteroatoms. The zero-order chi connectivity index (χ0) is 13.1. The van der Waals surface area contributed by atoms with E-state index in [1.54, 1.807) is 12.1 Å². The first-order valence-electron chi connectivity index (χ1n) is 6.13. The van der Waals surface area contributed by atoms with Crippen molar-refractivity contribution in [3.05, 3.63) is 28.8 Å². The highest BCUT2D eigenvalue weighted by Crippen LogP contribution is 2.38. The van der Waals surface area contributed by atoms with Crippen molar-refractivity contribution in [2.75, 3.05) is 26.3 Å². The van der Waals surface area contributed by atoms with E-state index in [2.05, 4.69) is 0 Å². The summed E-state index contributed by atoms with van der Waals surface area (Å²) in [5.74, 6) is 0.572. The summed E-state index contributed by atoms with van der Waals surface area (Å²) in [4.78, 5) is 2.01. The quantitative estimate of drug-likeness (QED) is 0.870. The van der Waals surface area contributed by atoms with Crippen molar-refractivity contribution in [1.82, 2.24) is 4.90 Å². The van der Waals surface area contributed by atoms with Crippen molar-refractivity contribution >= 4 is 11.6 Å². The predicted octanol–water partition coefficient (Wildman–Crippen LogP) is 1.45. The van der Waals surface area contributed by atoms with E-state index >= 15 is 0 Å². The molecule has 0 bridgehead atoms. The Bertz CT molecular complexity index is 413. The second-order valence-corrected chi connectivity index (χ2v) is 4.74. The third-order valence-electron chi connectivity index (χ3n) is 3.34. The van der Waals surface area contributed by atoms with E-state index in [4.69, 9.17) is 21.4 Å². The molecule has 2 atom stereocenters. The molecule has 18 heavy (non-hydrogen) atoms. The van der Waals surface area contributed by atoms with Crippen LogP contribution in [0.1, 0.15) is 18.6 Å². The number of nitrogens with zero attached hydrogens (tertiary/aromatic N) is 1. The maximum atomic E-state index is 10.4. The molecule has 0 aromatic heterocycles. The average Bonchev–Trinajstić information content (AvgIpc) is 2.38. The molecular weight excluding hydrogens is 254 g/mol. The number of aliphatic hydroxyl groups is 2. The fraction of sp³-hybridized carbons (Fsp3) is 0.538. The monoisotopic (exact) mass is 271 g/mol. The third-order valence-corrected chi connectivity index (χ3v) is 3.64. The summed E-state index contributed by atoms with van der Waals surface area (Å²) in [6.45, 7) is 3.72. The Morgan fingerprint density at radius 3 is 2.94 bits per heavy atom. The molecule has 2 N–H and O–H groups in total. The molecule has 1 aromatic carbocycles. The van der Waals surface area contributed by atoms with E-state index in [1.807, 2.05) is 17.9 Å². The first-order chi connectivity index (χ1) is 8.69. The minimum atomic E-state index is -0.640. The molecule has 0 aliphatic carbocycles. The van der Waals surface area contributed by atoms with Crippen LogP contribution in [0.4, 0.5) is 0 Å². The van der Waals surface area contributed by atoms with Crippen LogP contribution in [0.5, 0.6) is 5.75 Å². The van der Waals surface area contributed by atoms with Crippen molar-refractivity contribution in [3.63, 3.8) is 0 Å². The molecule has 0 amide bonds. The lowest BCUT2D eigenvalue weighted by atomic mass is 9.98. The van der Waals surface area contributed by atoms with Gasteiger partial charge in [-0.15, -0.1) is 0 Å². The molecule has 2 unspecified atom stereocenters.